The molecule has 3 N–H and O–H groups in total. The Bertz CT molecular complexity index is 1210. The summed E-state index contributed by atoms with van der Waals surface area (Å²) in [7, 11) is 1.53. The first-order chi connectivity index (χ1) is 16.9. The number of aryl methyl sites for hydroxylation is 1. The van der Waals surface area contributed by atoms with Crippen LogP contribution in [-0.2, 0) is 16.6 Å². The Morgan fingerprint density at radius 2 is 1.74 bits per heavy atom. The number of aromatic carboxylic acids is 1. The lowest BCUT2D eigenvalue weighted by atomic mass is 9.98. The van der Waals surface area contributed by atoms with E-state index in [0.29, 0.717) is 12.2 Å². The minimum atomic E-state index is -1.20. The van der Waals surface area contributed by atoms with E-state index in [1.807, 2.05) is 42.7 Å². The van der Waals surface area contributed by atoms with Crippen LogP contribution in [0.5, 0.6) is 0 Å². The summed E-state index contributed by atoms with van der Waals surface area (Å²) in [5, 5.41) is 18.3. The van der Waals surface area contributed by atoms with Crippen LogP contribution in [0.3, 0.4) is 0 Å². The summed E-state index contributed by atoms with van der Waals surface area (Å²) in [4.78, 5) is 36.7. The first-order valence-electron chi connectivity index (χ1n) is 11.1. The molecule has 0 saturated heterocycles. The molecule has 1 heterocycles. The number of carbonyl (C=O) groups excluding carboxylic acids is 2. The van der Waals surface area contributed by atoms with Crippen LogP contribution >= 0.6 is 11.8 Å². The van der Waals surface area contributed by atoms with Crippen molar-refractivity contribution in [2.24, 2.45) is 7.05 Å². The van der Waals surface area contributed by atoms with Crippen LogP contribution in [0.2, 0.25) is 0 Å². The van der Waals surface area contributed by atoms with Crippen molar-refractivity contribution in [3.8, 4) is 11.1 Å². The minimum Gasteiger partial charge on any atom is -0.476 e. The Labute approximate surface area is 206 Å². The van der Waals surface area contributed by atoms with Gasteiger partial charge in [-0.25, -0.2) is 9.59 Å². The van der Waals surface area contributed by atoms with Gasteiger partial charge in [0.25, 0.3) is 0 Å². The zero-order valence-corrected chi connectivity index (χ0v) is 20.2. The van der Waals surface area contributed by atoms with Crippen LogP contribution in [0.4, 0.5) is 10.6 Å². The minimum absolute atomic E-state index is 0.0875. The number of carbonyl (C=O) groups is 3. The molecule has 35 heavy (non-hydrogen) atoms. The van der Waals surface area contributed by atoms with Gasteiger partial charge in [0.15, 0.2) is 5.69 Å². The fourth-order valence-corrected chi connectivity index (χ4v) is 4.66. The SMILES string of the molecule is CSCC[C@@H](NC(=O)OCC1c2ccccc2-c2ccccc21)C(=O)Nc1cc(C(=O)O)nn1C. The summed E-state index contributed by atoms with van der Waals surface area (Å²) < 4.78 is 6.84. The van der Waals surface area contributed by atoms with Crippen LogP contribution in [-0.4, -0.2) is 57.5 Å². The number of carboxylic acids is 1. The number of hydrogen-bond donors (Lipinski definition) is 3. The monoisotopic (exact) mass is 494 g/mol. The van der Waals surface area contributed by atoms with E-state index < -0.39 is 24.0 Å². The van der Waals surface area contributed by atoms with Gasteiger partial charge in [-0.2, -0.15) is 16.9 Å². The molecular formula is C25H26N4O5S. The molecule has 0 saturated carbocycles. The smallest absolute Gasteiger partial charge is 0.407 e. The summed E-state index contributed by atoms with van der Waals surface area (Å²) >= 11 is 1.54. The van der Waals surface area contributed by atoms with Gasteiger partial charge in [-0.3, -0.25) is 9.48 Å². The number of thioether (sulfide) groups is 1. The molecule has 1 aromatic heterocycles. The summed E-state index contributed by atoms with van der Waals surface area (Å²) in [6.45, 7) is 0.139. The maximum absolute atomic E-state index is 12.9. The van der Waals surface area contributed by atoms with Gasteiger partial charge in [0, 0.05) is 19.0 Å². The Kier molecular flexibility index (Phi) is 7.40. The van der Waals surface area contributed by atoms with Crippen molar-refractivity contribution < 1.29 is 24.2 Å². The van der Waals surface area contributed by atoms with Crippen molar-refractivity contribution in [1.29, 1.82) is 0 Å². The Morgan fingerprint density at radius 1 is 1.11 bits per heavy atom. The van der Waals surface area contributed by atoms with E-state index in [0.717, 1.165) is 22.3 Å². The molecule has 0 unspecified atom stereocenters. The average Bonchev–Trinajstić information content (AvgIpc) is 3.38. The van der Waals surface area contributed by atoms with Crippen molar-refractivity contribution in [1.82, 2.24) is 15.1 Å². The number of amides is 2. The second kappa shape index (κ2) is 10.6. The zero-order chi connectivity index (χ0) is 24.9. The average molecular weight is 495 g/mol. The van der Waals surface area contributed by atoms with Crippen LogP contribution in [0.15, 0.2) is 54.6 Å². The Hall–Kier alpha value is -3.79. The van der Waals surface area contributed by atoms with Gasteiger partial charge in [0.1, 0.15) is 18.5 Å². The van der Waals surface area contributed by atoms with Crippen molar-refractivity contribution in [2.45, 2.75) is 18.4 Å². The van der Waals surface area contributed by atoms with E-state index in [4.69, 9.17) is 9.84 Å². The van der Waals surface area contributed by atoms with Gasteiger partial charge >= 0.3 is 12.1 Å². The number of fused-ring (bicyclic) bond motifs is 3. The van der Waals surface area contributed by atoms with Gasteiger partial charge in [0.2, 0.25) is 5.91 Å². The quantitative estimate of drug-likeness (QED) is 0.414. The normalized spacial score (nSPS) is 13.0. The molecule has 0 aliphatic heterocycles. The summed E-state index contributed by atoms with van der Waals surface area (Å²) in [5.41, 5.74) is 4.28. The number of alkyl carbamates (subject to hydrolysis) is 1. The number of nitrogens with zero attached hydrogens (tertiary/aromatic N) is 2. The second-order valence-electron chi connectivity index (χ2n) is 8.14. The highest BCUT2D eigenvalue weighted by Gasteiger charge is 2.30. The molecule has 1 atom stereocenters. The van der Waals surface area contributed by atoms with Crippen molar-refractivity contribution in [2.75, 3.05) is 23.9 Å². The third kappa shape index (κ3) is 5.32. The number of rotatable bonds is 9. The fourth-order valence-electron chi connectivity index (χ4n) is 4.19. The van der Waals surface area contributed by atoms with Crippen molar-refractivity contribution in [3.05, 3.63) is 71.4 Å². The predicted molar refractivity (Wildman–Crippen MR) is 134 cm³/mol. The highest BCUT2D eigenvalue weighted by Crippen LogP contribution is 2.44. The lowest BCUT2D eigenvalue weighted by Gasteiger charge is -2.19. The number of hydrogen-bond acceptors (Lipinski definition) is 6. The number of benzene rings is 2. The van der Waals surface area contributed by atoms with Crippen LogP contribution in [0.25, 0.3) is 11.1 Å². The molecular weight excluding hydrogens is 468 g/mol. The molecule has 2 aromatic carbocycles. The molecule has 0 fully saturated rings. The Morgan fingerprint density at radius 3 is 2.31 bits per heavy atom. The number of nitrogens with one attached hydrogen (secondary N) is 2. The van der Waals surface area contributed by atoms with Gasteiger partial charge in [-0.05, 0) is 40.7 Å². The topological polar surface area (TPSA) is 123 Å². The van der Waals surface area contributed by atoms with Crippen molar-refractivity contribution >= 4 is 35.5 Å². The largest absolute Gasteiger partial charge is 0.476 e. The van der Waals surface area contributed by atoms with Crippen LogP contribution < -0.4 is 10.6 Å². The van der Waals surface area contributed by atoms with E-state index in [1.165, 1.54) is 17.8 Å². The van der Waals surface area contributed by atoms with Gasteiger partial charge < -0.3 is 20.5 Å². The summed E-state index contributed by atoms with van der Waals surface area (Å²) in [5.74, 6) is -0.913. The van der Waals surface area contributed by atoms with E-state index in [9.17, 15) is 14.4 Å². The number of carboxylic acid groups (broad SMARTS) is 1. The lowest BCUT2D eigenvalue weighted by Crippen LogP contribution is -2.44. The number of ether oxygens (including phenoxy) is 1. The molecule has 1 aliphatic rings. The van der Waals surface area contributed by atoms with Gasteiger partial charge in [-0.1, -0.05) is 48.5 Å². The van der Waals surface area contributed by atoms with Crippen LogP contribution in [0.1, 0.15) is 34.0 Å². The van der Waals surface area contributed by atoms with Crippen molar-refractivity contribution in [3.63, 3.8) is 0 Å². The molecule has 0 bridgehead atoms. The molecule has 4 rings (SSSR count). The fraction of sp³-hybridized carbons (Fsp3) is 0.280. The summed E-state index contributed by atoms with van der Waals surface area (Å²) in [6.07, 6.45) is 1.59. The maximum atomic E-state index is 12.9. The van der Waals surface area contributed by atoms with E-state index in [2.05, 4.69) is 27.9 Å². The number of anilines is 1. The third-order valence-electron chi connectivity index (χ3n) is 5.91. The van der Waals surface area contributed by atoms with Gasteiger partial charge in [-0.15, -0.1) is 0 Å². The summed E-state index contributed by atoms with van der Waals surface area (Å²) in [6, 6.07) is 16.5. The third-order valence-corrected chi connectivity index (χ3v) is 6.56. The first-order valence-corrected chi connectivity index (χ1v) is 12.5. The van der Waals surface area contributed by atoms with E-state index >= 15 is 0 Å². The molecule has 2 amide bonds. The lowest BCUT2D eigenvalue weighted by molar-refractivity contribution is -0.118. The molecule has 0 radical (unpaired) electrons. The molecule has 9 nitrogen and oxygen atoms in total. The highest BCUT2D eigenvalue weighted by atomic mass is 32.2. The molecule has 0 spiro atoms. The second-order valence-corrected chi connectivity index (χ2v) is 9.12. The zero-order valence-electron chi connectivity index (χ0n) is 19.4. The van der Waals surface area contributed by atoms with Crippen LogP contribution in [0, 0.1) is 0 Å². The first kappa shape index (κ1) is 24.3. The number of aromatic nitrogens is 2. The molecule has 182 valence electrons. The predicted octanol–water partition coefficient (Wildman–Crippen LogP) is 3.72. The van der Waals surface area contributed by atoms with E-state index in [-0.39, 0.29) is 24.0 Å². The standard InChI is InChI=1S/C25H26N4O5S/c1-29-22(13-21(28-29)24(31)32)27-23(30)20(11-12-35-2)26-25(33)34-14-19-17-9-5-3-7-15(17)16-8-4-6-10-18(16)19/h3-10,13,19-20H,11-12,14H2,1-2H3,(H,26,33)(H,27,30)(H,31,32)/t20-/m1/s1. The van der Waals surface area contributed by atoms with E-state index in [1.54, 1.807) is 11.8 Å². The molecule has 10 heteroatoms. The Balaban J connectivity index is 1.42. The molecule has 3 aromatic rings. The highest BCUT2D eigenvalue weighted by molar-refractivity contribution is 7.98. The van der Waals surface area contributed by atoms with Gasteiger partial charge in [0.05, 0.1) is 0 Å². The molecule has 1 aliphatic carbocycles. The maximum Gasteiger partial charge on any atom is 0.407 e.